The van der Waals surface area contributed by atoms with Crippen molar-refractivity contribution >= 4 is 33.0 Å². The highest BCUT2D eigenvalue weighted by Crippen LogP contribution is 2.20. The van der Waals surface area contributed by atoms with Crippen LogP contribution in [0.5, 0.6) is 0 Å². The van der Waals surface area contributed by atoms with E-state index in [2.05, 4.69) is 10.0 Å². The second-order valence-corrected chi connectivity index (χ2v) is 8.48. The standard InChI is InChI=1S/C16H20N2O3S2/c1-11(2)12(3)17-16(19)13-6-8-14(9-7-13)18-23(20,21)15-5-4-10-22-15/h4-12,18H,1-3H3,(H,17,19). The molecule has 1 unspecified atom stereocenters. The largest absolute Gasteiger partial charge is 0.349 e. The molecule has 2 rings (SSSR count). The first-order valence-electron chi connectivity index (χ1n) is 7.27. The van der Waals surface area contributed by atoms with Crippen LogP contribution in [0.2, 0.25) is 0 Å². The SMILES string of the molecule is CC(C)C(C)NC(=O)c1ccc(NS(=O)(=O)c2cccs2)cc1. The van der Waals surface area contributed by atoms with E-state index in [1.165, 1.54) is 0 Å². The summed E-state index contributed by atoms with van der Waals surface area (Å²) in [6, 6.07) is 9.67. The number of carbonyl (C=O) groups excluding carboxylic acids is 1. The normalized spacial score (nSPS) is 12.9. The molecule has 124 valence electrons. The monoisotopic (exact) mass is 352 g/mol. The molecule has 1 heterocycles. The Labute approximate surface area is 140 Å². The molecule has 1 atom stereocenters. The van der Waals surface area contributed by atoms with Gasteiger partial charge < -0.3 is 5.32 Å². The molecule has 0 bridgehead atoms. The van der Waals surface area contributed by atoms with Crippen molar-refractivity contribution < 1.29 is 13.2 Å². The van der Waals surface area contributed by atoms with Gasteiger partial charge in [0.05, 0.1) is 0 Å². The number of rotatable bonds is 6. The molecule has 23 heavy (non-hydrogen) atoms. The van der Waals surface area contributed by atoms with Crippen LogP contribution in [0.4, 0.5) is 5.69 Å². The molecule has 1 amide bonds. The average Bonchev–Trinajstić information content (AvgIpc) is 3.02. The maximum Gasteiger partial charge on any atom is 0.271 e. The molecule has 2 N–H and O–H groups in total. The fourth-order valence-electron chi connectivity index (χ4n) is 1.77. The molecule has 5 nitrogen and oxygen atoms in total. The van der Waals surface area contributed by atoms with Gasteiger partial charge in [0.25, 0.3) is 15.9 Å². The topological polar surface area (TPSA) is 75.3 Å². The zero-order valence-electron chi connectivity index (χ0n) is 13.2. The lowest BCUT2D eigenvalue weighted by Crippen LogP contribution is -2.36. The summed E-state index contributed by atoms with van der Waals surface area (Å²) in [6.07, 6.45) is 0. The summed E-state index contributed by atoms with van der Waals surface area (Å²) in [7, 11) is -3.57. The summed E-state index contributed by atoms with van der Waals surface area (Å²) >= 11 is 1.15. The third-order valence-corrected chi connectivity index (χ3v) is 6.30. The highest BCUT2D eigenvalue weighted by Gasteiger charge is 2.16. The molecule has 1 aromatic carbocycles. The number of thiophene rings is 1. The molecule has 1 aromatic heterocycles. The number of nitrogens with one attached hydrogen (secondary N) is 2. The van der Waals surface area contributed by atoms with Crippen LogP contribution < -0.4 is 10.0 Å². The smallest absolute Gasteiger partial charge is 0.271 e. The van der Waals surface area contributed by atoms with Gasteiger partial charge >= 0.3 is 0 Å². The molecule has 2 aromatic rings. The van der Waals surface area contributed by atoms with Crippen LogP contribution in [-0.2, 0) is 10.0 Å². The molecule has 0 aliphatic carbocycles. The Morgan fingerprint density at radius 1 is 1.09 bits per heavy atom. The molecular formula is C16H20N2O3S2. The van der Waals surface area contributed by atoms with Gasteiger partial charge in [0.1, 0.15) is 4.21 Å². The summed E-state index contributed by atoms with van der Waals surface area (Å²) in [5.41, 5.74) is 0.920. The van der Waals surface area contributed by atoms with Gasteiger partial charge in [-0.1, -0.05) is 19.9 Å². The quantitative estimate of drug-likeness (QED) is 0.837. The minimum Gasteiger partial charge on any atom is -0.349 e. The van der Waals surface area contributed by atoms with Gasteiger partial charge in [-0.2, -0.15) is 0 Å². The second kappa shape index (κ2) is 7.14. The third kappa shape index (κ3) is 4.56. The summed E-state index contributed by atoms with van der Waals surface area (Å²) in [5.74, 6) is 0.176. The number of amides is 1. The van der Waals surface area contributed by atoms with Crippen molar-refractivity contribution in [3.8, 4) is 0 Å². The first-order valence-corrected chi connectivity index (χ1v) is 9.63. The fraction of sp³-hybridized carbons (Fsp3) is 0.312. The van der Waals surface area contributed by atoms with Crippen molar-refractivity contribution in [3.05, 3.63) is 47.3 Å². The van der Waals surface area contributed by atoms with E-state index >= 15 is 0 Å². The van der Waals surface area contributed by atoms with Crippen LogP contribution in [0.1, 0.15) is 31.1 Å². The number of carbonyl (C=O) groups is 1. The Kier molecular flexibility index (Phi) is 5.43. The molecule has 0 fully saturated rings. The minimum atomic E-state index is -3.57. The Morgan fingerprint density at radius 2 is 1.74 bits per heavy atom. The molecule has 0 spiro atoms. The van der Waals surface area contributed by atoms with Crippen molar-refractivity contribution in [2.24, 2.45) is 5.92 Å². The van der Waals surface area contributed by atoms with Crippen LogP contribution in [0, 0.1) is 5.92 Å². The van der Waals surface area contributed by atoms with Gasteiger partial charge in [0.15, 0.2) is 0 Å². The van der Waals surface area contributed by atoms with Crippen LogP contribution in [0.3, 0.4) is 0 Å². The van der Waals surface area contributed by atoms with Crippen molar-refractivity contribution in [3.63, 3.8) is 0 Å². The van der Waals surface area contributed by atoms with E-state index in [0.29, 0.717) is 17.2 Å². The second-order valence-electron chi connectivity index (χ2n) is 5.62. The van der Waals surface area contributed by atoms with Gasteiger partial charge in [0, 0.05) is 17.3 Å². The minimum absolute atomic E-state index is 0.0690. The summed E-state index contributed by atoms with van der Waals surface area (Å²) in [4.78, 5) is 12.1. The van der Waals surface area contributed by atoms with E-state index in [4.69, 9.17) is 0 Å². The molecule has 0 radical (unpaired) electrons. The molecule has 0 aliphatic heterocycles. The molecule has 0 saturated heterocycles. The Bertz CT molecular complexity index is 751. The molecular weight excluding hydrogens is 332 g/mol. The maximum atomic E-state index is 12.1. The van der Waals surface area contributed by atoms with Gasteiger partial charge in [-0.3, -0.25) is 9.52 Å². The van der Waals surface area contributed by atoms with Crippen LogP contribution in [-0.4, -0.2) is 20.4 Å². The molecule has 7 heteroatoms. The predicted octanol–water partition coefficient (Wildman–Crippen LogP) is 3.32. The van der Waals surface area contributed by atoms with Crippen molar-refractivity contribution in [1.29, 1.82) is 0 Å². The van der Waals surface area contributed by atoms with Crippen LogP contribution in [0.15, 0.2) is 46.0 Å². The summed E-state index contributed by atoms with van der Waals surface area (Å²) in [5, 5.41) is 4.62. The zero-order valence-corrected chi connectivity index (χ0v) is 14.9. The van der Waals surface area contributed by atoms with Gasteiger partial charge in [-0.05, 0) is 48.6 Å². The number of sulfonamides is 1. The number of hydrogen-bond donors (Lipinski definition) is 2. The van der Waals surface area contributed by atoms with E-state index in [1.807, 2.05) is 20.8 Å². The first kappa shape index (κ1) is 17.5. The number of anilines is 1. The van der Waals surface area contributed by atoms with Crippen molar-refractivity contribution in [2.45, 2.75) is 31.0 Å². The van der Waals surface area contributed by atoms with Crippen molar-refractivity contribution in [2.75, 3.05) is 4.72 Å². The van der Waals surface area contributed by atoms with Crippen LogP contribution in [0.25, 0.3) is 0 Å². The lowest BCUT2D eigenvalue weighted by Gasteiger charge is -2.17. The van der Waals surface area contributed by atoms with Crippen LogP contribution >= 0.6 is 11.3 Å². The average molecular weight is 352 g/mol. The van der Waals surface area contributed by atoms with E-state index in [1.54, 1.807) is 41.8 Å². The lowest BCUT2D eigenvalue weighted by atomic mass is 10.1. The highest BCUT2D eigenvalue weighted by atomic mass is 32.2. The lowest BCUT2D eigenvalue weighted by molar-refractivity contribution is 0.0930. The van der Waals surface area contributed by atoms with E-state index in [9.17, 15) is 13.2 Å². The van der Waals surface area contributed by atoms with E-state index < -0.39 is 10.0 Å². The first-order chi connectivity index (χ1) is 10.8. The highest BCUT2D eigenvalue weighted by molar-refractivity contribution is 7.94. The van der Waals surface area contributed by atoms with Crippen molar-refractivity contribution in [1.82, 2.24) is 5.32 Å². The van der Waals surface area contributed by atoms with Gasteiger partial charge in [0.2, 0.25) is 0 Å². The van der Waals surface area contributed by atoms with E-state index in [0.717, 1.165) is 11.3 Å². The number of benzene rings is 1. The zero-order chi connectivity index (χ0) is 17.0. The van der Waals surface area contributed by atoms with Gasteiger partial charge in [-0.25, -0.2) is 8.42 Å². The Morgan fingerprint density at radius 3 is 2.26 bits per heavy atom. The predicted molar refractivity (Wildman–Crippen MR) is 93.3 cm³/mol. The third-order valence-electron chi connectivity index (χ3n) is 3.52. The fourth-order valence-corrected chi connectivity index (χ4v) is 3.82. The van der Waals surface area contributed by atoms with E-state index in [-0.39, 0.29) is 16.2 Å². The molecule has 0 aliphatic rings. The summed E-state index contributed by atoms with van der Waals surface area (Å²) < 4.78 is 27.0. The Balaban J connectivity index is 2.07. The molecule has 0 saturated carbocycles. The maximum absolute atomic E-state index is 12.1. The summed E-state index contributed by atoms with van der Waals surface area (Å²) in [6.45, 7) is 6.02. The Hall–Kier alpha value is -1.86. The van der Waals surface area contributed by atoms with Gasteiger partial charge in [-0.15, -0.1) is 11.3 Å². The number of hydrogen-bond acceptors (Lipinski definition) is 4.